The molecule has 0 aromatic heterocycles. The molecule has 1 heterocycles. The Morgan fingerprint density at radius 3 is 2.58 bits per heavy atom. The van der Waals surface area contributed by atoms with Crippen LogP contribution in [0.4, 0.5) is 8.78 Å². The van der Waals surface area contributed by atoms with Crippen molar-refractivity contribution in [2.75, 3.05) is 6.54 Å². The summed E-state index contributed by atoms with van der Waals surface area (Å²) in [5.41, 5.74) is 1.96. The molecule has 0 unspecified atom stereocenters. The Kier molecular flexibility index (Phi) is 5.30. The third kappa shape index (κ3) is 3.74. The summed E-state index contributed by atoms with van der Waals surface area (Å²) >= 11 is 0. The fourth-order valence-corrected chi connectivity index (χ4v) is 3.31. The van der Waals surface area contributed by atoms with Crippen molar-refractivity contribution in [3.8, 4) is 0 Å². The third-order valence-corrected chi connectivity index (χ3v) is 4.43. The Morgan fingerprint density at radius 2 is 1.88 bits per heavy atom. The summed E-state index contributed by atoms with van der Waals surface area (Å²) in [6.07, 6.45) is 1.00. The maximum absolute atomic E-state index is 13.3. The second-order valence-corrected chi connectivity index (χ2v) is 6.36. The standard InChI is InChI=1S/C20H20F2N2O2/c1-2-7-24-18(25)10-14-5-3-4-6-17(14)19(24)20(26)23-12-13-8-15(21)11-16(22)9-13/h3-6,8-9,11,19H,2,7,10,12H2,1H3,(H,23,26)/t19-/m0/s1. The van der Waals surface area contributed by atoms with Gasteiger partial charge in [0, 0.05) is 19.2 Å². The van der Waals surface area contributed by atoms with E-state index >= 15 is 0 Å². The zero-order chi connectivity index (χ0) is 18.7. The number of carbonyl (C=O) groups excluding carboxylic acids is 2. The van der Waals surface area contributed by atoms with Crippen LogP contribution in [0, 0.1) is 11.6 Å². The summed E-state index contributed by atoms with van der Waals surface area (Å²) in [5.74, 6) is -1.84. The predicted octanol–water partition coefficient (Wildman–Crippen LogP) is 3.12. The quantitative estimate of drug-likeness (QED) is 0.893. The van der Waals surface area contributed by atoms with Crippen molar-refractivity contribution in [3.05, 3.63) is 70.8 Å². The lowest BCUT2D eigenvalue weighted by Gasteiger charge is -2.36. The number of carbonyl (C=O) groups is 2. The minimum absolute atomic E-state index is 0.0136. The number of benzene rings is 2. The molecule has 0 fully saturated rings. The first kappa shape index (κ1) is 18.0. The summed E-state index contributed by atoms with van der Waals surface area (Å²) in [7, 11) is 0. The summed E-state index contributed by atoms with van der Waals surface area (Å²) in [6.45, 7) is 2.40. The van der Waals surface area contributed by atoms with Crippen LogP contribution in [0.2, 0.25) is 0 Å². The van der Waals surface area contributed by atoms with Crippen molar-refractivity contribution < 1.29 is 18.4 Å². The maximum atomic E-state index is 13.3. The van der Waals surface area contributed by atoms with Crippen LogP contribution < -0.4 is 5.32 Å². The van der Waals surface area contributed by atoms with E-state index in [0.29, 0.717) is 12.1 Å². The molecule has 4 nitrogen and oxygen atoms in total. The van der Waals surface area contributed by atoms with E-state index in [0.717, 1.165) is 23.6 Å². The van der Waals surface area contributed by atoms with E-state index in [1.165, 1.54) is 12.1 Å². The first-order chi connectivity index (χ1) is 12.5. The molecule has 0 bridgehead atoms. The molecule has 3 rings (SSSR count). The fraction of sp³-hybridized carbons (Fsp3) is 0.300. The monoisotopic (exact) mass is 358 g/mol. The van der Waals surface area contributed by atoms with Crippen molar-refractivity contribution in [1.82, 2.24) is 10.2 Å². The molecule has 1 aliphatic rings. The lowest BCUT2D eigenvalue weighted by molar-refractivity contribution is -0.141. The smallest absolute Gasteiger partial charge is 0.247 e. The average Bonchev–Trinajstić information content (AvgIpc) is 2.59. The second-order valence-electron chi connectivity index (χ2n) is 6.36. The van der Waals surface area contributed by atoms with Gasteiger partial charge >= 0.3 is 0 Å². The molecule has 0 radical (unpaired) electrons. The molecular formula is C20H20F2N2O2. The first-order valence-corrected chi connectivity index (χ1v) is 8.59. The first-order valence-electron chi connectivity index (χ1n) is 8.59. The zero-order valence-corrected chi connectivity index (χ0v) is 14.5. The molecule has 0 spiro atoms. The number of amides is 2. The van der Waals surface area contributed by atoms with Gasteiger partial charge in [0.05, 0.1) is 6.42 Å². The summed E-state index contributed by atoms with van der Waals surface area (Å²) in [6, 6.07) is 9.76. The van der Waals surface area contributed by atoms with E-state index in [2.05, 4.69) is 5.32 Å². The van der Waals surface area contributed by atoms with E-state index < -0.39 is 17.7 Å². The van der Waals surface area contributed by atoms with Crippen LogP contribution in [-0.2, 0) is 22.6 Å². The van der Waals surface area contributed by atoms with Crippen LogP contribution in [0.1, 0.15) is 36.1 Å². The van der Waals surface area contributed by atoms with Gasteiger partial charge < -0.3 is 10.2 Å². The molecule has 2 aromatic carbocycles. The second kappa shape index (κ2) is 7.64. The van der Waals surface area contributed by atoms with Crippen molar-refractivity contribution in [1.29, 1.82) is 0 Å². The highest BCUT2D eigenvalue weighted by atomic mass is 19.1. The zero-order valence-electron chi connectivity index (χ0n) is 14.5. The van der Waals surface area contributed by atoms with Gasteiger partial charge in [-0.3, -0.25) is 9.59 Å². The minimum Gasteiger partial charge on any atom is -0.350 e. The van der Waals surface area contributed by atoms with Crippen LogP contribution in [-0.4, -0.2) is 23.3 Å². The van der Waals surface area contributed by atoms with Gasteiger partial charge in [0.25, 0.3) is 0 Å². The molecule has 6 heteroatoms. The SMILES string of the molecule is CCCN1C(=O)Cc2ccccc2[C@H]1C(=O)NCc1cc(F)cc(F)c1. The van der Waals surface area contributed by atoms with Crippen molar-refractivity contribution in [3.63, 3.8) is 0 Å². The van der Waals surface area contributed by atoms with Crippen molar-refractivity contribution in [2.45, 2.75) is 32.4 Å². The largest absolute Gasteiger partial charge is 0.350 e. The van der Waals surface area contributed by atoms with Crippen molar-refractivity contribution in [2.24, 2.45) is 0 Å². The molecule has 26 heavy (non-hydrogen) atoms. The van der Waals surface area contributed by atoms with Gasteiger partial charge in [0.2, 0.25) is 11.8 Å². The topological polar surface area (TPSA) is 49.4 Å². The Morgan fingerprint density at radius 1 is 1.19 bits per heavy atom. The number of nitrogens with zero attached hydrogens (tertiary/aromatic N) is 1. The Bertz CT molecular complexity index is 818. The van der Waals surface area contributed by atoms with Gasteiger partial charge in [0.15, 0.2) is 0 Å². The Balaban J connectivity index is 1.84. The van der Waals surface area contributed by atoms with Crippen LogP contribution in [0.15, 0.2) is 42.5 Å². The minimum atomic E-state index is -0.731. The van der Waals surface area contributed by atoms with Gasteiger partial charge in [-0.2, -0.15) is 0 Å². The van der Waals surface area contributed by atoms with E-state index in [1.54, 1.807) is 4.90 Å². The summed E-state index contributed by atoms with van der Waals surface area (Å²) in [4.78, 5) is 26.9. The molecule has 1 atom stereocenters. The molecule has 2 aromatic rings. The molecule has 0 aliphatic carbocycles. The van der Waals surface area contributed by atoms with Crippen LogP contribution in [0.3, 0.4) is 0 Å². The van der Waals surface area contributed by atoms with Gasteiger partial charge in [-0.15, -0.1) is 0 Å². The highest BCUT2D eigenvalue weighted by molar-refractivity contribution is 5.92. The van der Waals surface area contributed by atoms with Gasteiger partial charge in [-0.05, 0) is 35.2 Å². The summed E-state index contributed by atoms with van der Waals surface area (Å²) in [5, 5.41) is 2.71. The van der Waals surface area contributed by atoms with E-state index in [9.17, 15) is 18.4 Å². The lowest BCUT2D eigenvalue weighted by atomic mass is 9.91. The van der Waals surface area contributed by atoms with E-state index in [4.69, 9.17) is 0 Å². The highest BCUT2D eigenvalue weighted by Crippen LogP contribution is 2.30. The van der Waals surface area contributed by atoms with Gasteiger partial charge in [0.1, 0.15) is 17.7 Å². The van der Waals surface area contributed by atoms with E-state index in [1.807, 2.05) is 31.2 Å². The molecule has 0 saturated carbocycles. The Hall–Kier alpha value is -2.76. The molecule has 136 valence electrons. The number of rotatable bonds is 5. The number of nitrogens with one attached hydrogen (secondary N) is 1. The van der Waals surface area contributed by atoms with E-state index in [-0.39, 0.29) is 24.8 Å². The molecule has 0 saturated heterocycles. The number of fused-ring (bicyclic) bond motifs is 1. The average molecular weight is 358 g/mol. The molecule has 1 N–H and O–H groups in total. The third-order valence-electron chi connectivity index (χ3n) is 4.43. The fourth-order valence-electron chi connectivity index (χ4n) is 3.31. The molecule has 1 aliphatic heterocycles. The predicted molar refractivity (Wildman–Crippen MR) is 93.1 cm³/mol. The normalized spacial score (nSPS) is 16.3. The summed E-state index contributed by atoms with van der Waals surface area (Å²) < 4.78 is 26.6. The number of hydrogen-bond donors (Lipinski definition) is 1. The highest BCUT2D eigenvalue weighted by Gasteiger charge is 2.36. The maximum Gasteiger partial charge on any atom is 0.247 e. The lowest BCUT2D eigenvalue weighted by Crippen LogP contribution is -2.47. The van der Waals surface area contributed by atoms with Gasteiger partial charge in [-0.1, -0.05) is 31.2 Å². The van der Waals surface area contributed by atoms with Crippen molar-refractivity contribution >= 4 is 11.8 Å². The van der Waals surface area contributed by atoms with Crippen LogP contribution in [0.5, 0.6) is 0 Å². The number of halogens is 2. The number of hydrogen-bond acceptors (Lipinski definition) is 2. The molecular weight excluding hydrogens is 338 g/mol. The van der Waals surface area contributed by atoms with Gasteiger partial charge in [-0.25, -0.2) is 8.78 Å². The Labute approximate surface area is 150 Å². The molecule has 2 amide bonds. The van der Waals surface area contributed by atoms with Crippen LogP contribution >= 0.6 is 0 Å². The van der Waals surface area contributed by atoms with Crippen LogP contribution in [0.25, 0.3) is 0 Å².